The summed E-state index contributed by atoms with van der Waals surface area (Å²) in [5.41, 5.74) is 3.91. The van der Waals surface area contributed by atoms with Gasteiger partial charge >= 0.3 is 0 Å². The zero-order chi connectivity index (χ0) is 19.9. The molecule has 150 valence electrons. The fourth-order valence-electron chi connectivity index (χ4n) is 4.02. The van der Waals surface area contributed by atoms with Gasteiger partial charge in [-0.05, 0) is 73.2 Å². The van der Waals surface area contributed by atoms with Gasteiger partial charge in [-0.25, -0.2) is 0 Å². The van der Waals surface area contributed by atoms with E-state index >= 15 is 0 Å². The average molecular weight is 406 g/mol. The van der Waals surface area contributed by atoms with Gasteiger partial charge in [-0.15, -0.1) is 0 Å². The minimum absolute atomic E-state index is 0.513. The maximum absolute atomic E-state index is 6.22. The lowest BCUT2D eigenvalue weighted by atomic mass is 9.97. The Morgan fingerprint density at radius 2 is 1.90 bits per heavy atom. The number of hydrogen-bond acceptors (Lipinski definition) is 2. The average Bonchev–Trinajstić information content (AvgIpc) is 2.76. The van der Waals surface area contributed by atoms with E-state index in [0.29, 0.717) is 6.61 Å². The zero-order valence-corrected chi connectivity index (χ0v) is 17.5. The predicted octanol–water partition coefficient (Wildman–Crippen LogP) is 7.05. The zero-order valence-electron chi connectivity index (χ0n) is 16.8. The molecule has 0 saturated carbocycles. The molecular weight excluding hydrogens is 378 g/mol. The van der Waals surface area contributed by atoms with Crippen LogP contribution in [0.1, 0.15) is 43.2 Å². The van der Waals surface area contributed by atoms with Gasteiger partial charge in [0, 0.05) is 17.1 Å². The molecular formula is C26H28ClNO. The van der Waals surface area contributed by atoms with Crippen molar-refractivity contribution in [3.63, 3.8) is 0 Å². The van der Waals surface area contributed by atoms with Gasteiger partial charge in [-0.1, -0.05) is 65.7 Å². The number of ether oxygens (including phenoxy) is 1. The smallest absolute Gasteiger partial charge is 0.124 e. The van der Waals surface area contributed by atoms with E-state index < -0.39 is 0 Å². The molecule has 4 rings (SSSR count). The summed E-state index contributed by atoms with van der Waals surface area (Å²) in [6, 6.07) is 20.6. The van der Waals surface area contributed by atoms with Crippen LogP contribution in [0.2, 0.25) is 5.02 Å². The van der Waals surface area contributed by atoms with Crippen molar-refractivity contribution in [1.82, 2.24) is 5.32 Å². The van der Waals surface area contributed by atoms with E-state index in [-0.39, 0.29) is 0 Å². The SMILES string of the molecule is Clc1cccc(COc2ccc3ccccc3c2CNCCC2=CCCCC2)c1. The molecule has 2 nitrogen and oxygen atoms in total. The number of fused-ring (bicyclic) bond motifs is 1. The summed E-state index contributed by atoms with van der Waals surface area (Å²) >= 11 is 6.11. The third kappa shape index (κ3) is 5.41. The molecule has 3 aromatic carbocycles. The molecule has 1 aliphatic carbocycles. The molecule has 3 heteroatoms. The second kappa shape index (κ2) is 9.96. The van der Waals surface area contributed by atoms with Crippen molar-refractivity contribution >= 4 is 22.4 Å². The fourth-order valence-corrected chi connectivity index (χ4v) is 4.23. The second-order valence-electron chi connectivity index (χ2n) is 7.72. The van der Waals surface area contributed by atoms with Crippen LogP contribution < -0.4 is 10.1 Å². The molecule has 0 unspecified atom stereocenters. The lowest BCUT2D eigenvalue weighted by Crippen LogP contribution is -2.16. The molecule has 0 saturated heterocycles. The van der Waals surface area contributed by atoms with Crippen LogP contribution in [0.15, 0.2) is 72.3 Å². The molecule has 3 aromatic rings. The monoisotopic (exact) mass is 405 g/mol. The third-order valence-electron chi connectivity index (χ3n) is 5.59. The number of benzene rings is 3. The summed E-state index contributed by atoms with van der Waals surface area (Å²) < 4.78 is 6.22. The van der Waals surface area contributed by atoms with Gasteiger partial charge in [0.15, 0.2) is 0 Å². The first-order valence-electron chi connectivity index (χ1n) is 10.6. The maximum atomic E-state index is 6.22. The number of hydrogen-bond donors (Lipinski definition) is 1. The quantitative estimate of drug-likeness (QED) is 0.320. The molecule has 0 spiro atoms. The van der Waals surface area contributed by atoms with E-state index in [1.807, 2.05) is 24.3 Å². The van der Waals surface area contributed by atoms with Crippen LogP contribution in [-0.4, -0.2) is 6.54 Å². The summed E-state index contributed by atoms with van der Waals surface area (Å²) in [5.74, 6) is 0.938. The summed E-state index contributed by atoms with van der Waals surface area (Å²) in [5, 5.41) is 6.88. The summed E-state index contributed by atoms with van der Waals surface area (Å²) in [6.07, 6.45) is 8.78. The highest BCUT2D eigenvalue weighted by atomic mass is 35.5. The van der Waals surface area contributed by atoms with Crippen molar-refractivity contribution in [3.8, 4) is 5.75 Å². The molecule has 0 aromatic heterocycles. The summed E-state index contributed by atoms with van der Waals surface area (Å²) in [4.78, 5) is 0. The summed E-state index contributed by atoms with van der Waals surface area (Å²) in [7, 11) is 0. The largest absolute Gasteiger partial charge is 0.489 e. The highest BCUT2D eigenvalue weighted by Crippen LogP contribution is 2.29. The first-order chi connectivity index (χ1) is 14.3. The van der Waals surface area contributed by atoms with E-state index in [0.717, 1.165) is 35.8 Å². The number of rotatable bonds is 8. The maximum Gasteiger partial charge on any atom is 0.124 e. The molecule has 0 fully saturated rings. The van der Waals surface area contributed by atoms with Gasteiger partial charge < -0.3 is 10.1 Å². The van der Waals surface area contributed by atoms with E-state index in [4.69, 9.17) is 16.3 Å². The summed E-state index contributed by atoms with van der Waals surface area (Å²) in [6.45, 7) is 2.32. The normalized spacial score (nSPS) is 14.0. The Morgan fingerprint density at radius 1 is 0.966 bits per heavy atom. The van der Waals surface area contributed by atoms with E-state index in [9.17, 15) is 0 Å². The molecule has 1 N–H and O–H groups in total. The number of allylic oxidation sites excluding steroid dienone is 1. The lowest BCUT2D eigenvalue weighted by Gasteiger charge is -2.16. The van der Waals surface area contributed by atoms with Crippen LogP contribution in [0.5, 0.6) is 5.75 Å². The van der Waals surface area contributed by atoms with E-state index in [1.165, 1.54) is 42.0 Å². The molecule has 0 bridgehead atoms. The van der Waals surface area contributed by atoms with E-state index in [1.54, 1.807) is 5.57 Å². The number of nitrogens with one attached hydrogen (secondary N) is 1. The molecule has 0 aliphatic heterocycles. The van der Waals surface area contributed by atoms with Crippen molar-refractivity contribution in [2.45, 2.75) is 45.3 Å². The van der Waals surface area contributed by atoms with Gasteiger partial charge in [-0.3, -0.25) is 0 Å². The first kappa shape index (κ1) is 20.0. The molecule has 0 atom stereocenters. The van der Waals surface area contributed by atoms with Crippen molar-refractivity contribution < 1.29 is 4.74 Å². The highest BCUT2D eigenvalue weighted by molar-refractivity contribution is 6.30. The minimum Gasteiger partial charge on any atom is -0.489 e. The van der Waals surface area contributed by atoms with Gasteiger partial charge in [-0.2, -0.15) is 0 Å². The van der Waals surface area contributed by atoms with Crippen LogP contribution in [-0.2, 0) is 13.2 Å². The Hall–Kier alpha value is -2.29. The standard InChI is InChI=1S/C26H28ClNO/c27-23-11-6-9-21(17-23)19-29-26-14-13-22-10-4-5-12-24(22)25(26)18-28-16-15-20-7-2-1-3-8-20/h4-7,9-14,17,28H,1-3,8,15-16,18-19H2. The van der Waals surface area contributed by atoms with Crippen LogP contribution in [0.3, 0.4) is 0 Å². The van der Waals surface area contributed by atoms with Crippen LogP contribution in [0.25, 0.3) is 10.8 Å². The van der Waals surface area contributed by atoms with Crippen LogP contribution >= 0.6 is 11.6 Å². The first-order valence-corrected chi connectivity index (χ1v) is 10.9. The van der Waals surface area contributed by atoms with Crippen molar-refractivity contribution in [2.24, 2.45) is 0 Å². The molecule has 0 radical (unpaired) electrons. The Kier molecular flexibility index (Phi) is 6.87. The van der Waals surface area contributed by atoms with Gasteiger partial charge in [0.2, 0.25) is 0 Å². The molecule has 0 heterocycles. The van der Waals surface area contributed by atoms with E-state index in [2.05, 4.69) is 47.8 Å². The topological polar surface area (TPSA) is 21.3 Å². The van der Waals surface area contributed by atoms with Gasteiger partial charge in [0.05, 0.1) is 0 Å². The fraction of sp³-hybridized carbons (Fsp3) is 0.308. The van der Waals surface area contributed by atoms with Gasteiger partial charge in [0.1, 0.15) is 12.4 Å². The third-order valence-corrected chi connectivity index (χ3v) is 5.83. The highest BCUT2D eigenvalue weighted by Gasteiger charge is 2.10. The van der Waals surface area contributed by atoms with Crippen molar-refractivity contribution in [2.75, 3.05) is 6.54 Å². The Bertz CT molecular complexity index is 995. The van der Waals surface area contributed by atoms with Crippen LogP contribution in [0, 0.1) is 0 Å². The Balaban J connectivity index is 1.47. The van der Waals surface area contributed by atoms with Crippen LogP contribution in [0.4, 0.5) is 0 Å². The second-order valence-corrected chi connectivity index (χ2v) is 8.15. The lowest BCUT2D eigenvalue weighted by molar-refractivity contribution is 0.303. The minimum atomic E-state index is 0.513. The van der Waals surface area contributed by atoms with Gasteiger partial charge in [0.25, 0.3) is 0 Å². The van der Waals surface area contributed by atoms with Crippen molar-refractivity contribution in [1.29, 1.82) is 0 Å². The molecule has 1 aliphatic rings. The molecule has 29 heavy (non-hydrogen) atoms. The number of halogens is 1. The Morgan fingerprint density at radius 3 is 2.76 bits per heavy atom. The predicted molar refractivity (Wildman–Crippen MR) is 123 cm³/mol. The Labute approximate surface area is 178 Å². The molecule has 0 amide bonds. The van der Waals surface area contributed by atoms with Crippen molar-refractivity contribution in [3.05, 3.63) is 88.5 Å².